The quantitative estimate of drug-likeness (QED) is 0.619. The van der Waals surface area contributed by atoms with Crippen molar-refractivity contribution in [3.8, 4) is 0 Å². The lowest BCUT2D eigenvalue weighted by Gasteiger charge is -2.32. The zero-order valence-electron chi connectivity index (χ0n) is 13.0. The summed E-state index contributed by atoms with van der Waals surface area (Å²) >= 11 is 0. The highest BCUT2D eigenvalue weighted by Gasteiger charge is 3.06. The topological polar surface area (TPSA) is 0 Å². The maximum absolute atomic E-state index is 2.46. The molecule has 4 saturated carbocycles. The van der Waals surface area contributed by atoms with E-state index >= 15 is 0 Å². The van der Waals surface area contributed by atoms with Gasteiger partial charge in [0.15, 0.2) is 0 Å². The van der Waals surface area contributed by atoms with Crippen LogP contribution in [0.15, 0.2) is 0 Å². The van der Waals surface area contributed by atoms with E-state index in [-0.39, 0.29) is 0 Å². The molecule has 0 saturated heterocycles. The minimum atomic E-state index is 0.831. The van der Waals surface area contributed by atoms with Crippen LogP contribution in [0.2, 0.25) is 0 Å². The molecule has 4 aliphatic carbocycles. The van der Waals surface area contributed by atoms with E-state index in [0.29, 0.717) is 0 Å². The molecule has 0 nitrogen and oxygen atoms in total. The normalized spacial score (nSPS) is 58.5. The molecule has 4 rings (SSSR count). The van der Waals surface area contributed by atoms with Crippen LogP contribution in [0.4, 0.5) is 0 Å². The summed E-state index contributed by atoms with van der Waals surface area (Å²) in [4.78, 5) is 0. The molecule has 4 fully saturated rings. The van der Waals surface area contributed by atoms with Gasteiger partial charge in [-0.2, -0.15) is 0 Å². The zero-order chi connectivity index (χ0) is 13.0. The second-order valence-corrected chi connectivity index (χ2v) is 9.16. The highest BCUT2D eigenvalue weighted by Crippen LogP contribution is 3.12. The van der Waals surface area contributed by atoms with Crippen LogP contribution in [0.1, 0.15) is 73.1 Å². The Bertz CT molecular complexity index is 408. The summed E-state index contributed by atoms with van der Waals surface area (Å²) in [5.74, 6) is 2.98. The van der Waals surface area contributed by atoms with Crippen molar-refractivity contribution in [3.05, 3.63) is 0 Å². The molecular weight excluding hydrogens is 216 g/mol. The van der Waals surface area contributed by atoms with Crippen molar-refractivity contribution in [2.75, 3.05) is 0 Å². The summed E-state index contributed by atoms with van der Waals surface area (Å²) in [6, 6.07) is 0. The van der Waals surface area contributed by atoms with Crippen molar-refractivity contribution in [2.45, 2.75) is 73.1 Å². The minimum Gasteiger partial charge on any atom is -0.0648 e. The van der Waals surface area contributed by atoms with Crippen LogP contribution in [0, 0.1) is 39.4 Å². The second kappa shape index (κ2) is 2.86. The molecule has 102 valence electrons. The van der Waals surface area contributed by atoms with Gasteiger partial charge >= 0.3 is 0 Å². The number of hydrogen-bond acceptors (Lipinski definition) is 0. The molecule has 4 aliphatic rings. The molecule has 0 N–H and O–H groups in total. The van der Waals surface area contributed by atoms with E-state index in [1.165, 1.54) is 19.3 Å². The maximum atomic E-state index is 2.46. The van der Waals surface area contributed by atoms with Crippen LogP contribution in [-0.2, 0) is 0 Å². The Hall–Kier alpha value is 0. The standard InChI is InChI=1S/C18H30/c1-6-15-9-14(15)18-11-17(18,8-13(4)5)16(18,10-15)7-12(2)3/h12-14H,6-11H2,1-5H3. The van der Waals surface area contributed by atoms with Gasteiger partial charge in [0.1, 0.15) is 0 Å². The Kier molecular flexibility index (Phi) is 1.88. The average Bonchev–Trinajstić information content (AvgIpc) is 3.13. The molecule has 0 radical (unpaired) electrons. The maximum Gasteiger partial charge on any atom is -0.0133 e. The molecule has 18 heavy (non-hydrogen) atoms. The van der Waals surface area contributed by atoms with Crippen LogP contribution in [0.3, 0.4) is 0 Å². The highest BCUT2D eigenvalue weighted by atomic mass is 15.1. The van der Waals surface area contributed by atoms with E-state index in [4.69, 9.17) is 0 Å². The van der Waals surface area contributed by atoms with Gasteiger partial charge in [-0.3, -0.25) is 0 Å². The third kappa shape index (κ3) is 0.907. The first-order chi connectivity index (χ1) is 8.40. The molecule has 5 atom stereocenters. The lowest BCUT2D eigenvalue weighted by Crippen LogP contribution is -2.23. The van der Waals surface area contributed by atoms with E-state index in [2.05, 4.69) is 34.6 Å². The first kappa shape index (κ1) is 11.8. The fourth-order valence-corrected chi connectivity index (χ4v) is 7.39. The number of rotatable bonds is 5. The van der Waals surface area contributed by atoms with Crippen LogP contribution in [0.5, 0.6) is 0 Å². The molecule has 0 aromatic rings. The predicted octanol–water partition coefficient (Wildman–Crippen LogP) is 5.28. The third-order valence-corrected chi connectivity index (χ3v) is 7.67. The van der Waals surface area contributed by atoms with Crippen LogP contribution < -0.4 is 0 Å². The van der Waals surface area contributed by atoms with E-state index in [0.717, 1.165) is 39.4 Å². The molecule has 1 spiro atoms. The summed E-state index contributed by atoms with van der Waals surface area (Å²) in [5.41, 5.74) is 3.39. The molecule has 5 unspecified atom stereocenters. The molecule has 0 heteroatoms. The Morgan fingerprint density at radius 3 is 2.00 bits per heavy atom. The fourth-order valence-electron chi connectivity index (χ4n) is 7.39. The molecule has 0 aliphatic heterocycles. The predicted molar refractivity (Wildman–Crippen MR) is 76.3 cm³/mol. The monoisotopic (exact) mass is 246 g/mol. The van der Waals surface area contributed by atoms with Crippen molar-refractivity contribution in [1.82, 2.24) is 0 Å². The molecule has 0 bridgehead atoms. The first-order valence-electron chi connectivity index (χ1n) is 8.40. The lowest BCUT2D eigenvalue weighted by molar-refractivity contribution is 0.172. The molecular formula is C18H30. The summed E-state index contributed by atoms with van der Waals surface area (Å²) in [6.45, 7) is 12.2. The summed E-state index contributed by atoms with van der Waals surface area (Å²) in [5, 5.41) is 0. The summed E-state index contributed by atoms with van der Waals surface area (Å²) in [7, 11) is 0. The minimum absolute atomic E-state index is 0.831. The smallest absolute Gasteiger partial charge is 0.0133 e. The van der Waals surface area contributed by atoms with Crippen molar-refractivity contribution >= 4 is 0 Å². The summed E-state index contributed by atoms with van der Waals surface area (Å²) in [6.07, 6.45) is 9.39. The van der Waals surface area contributed by atoms with Crippen LogP contribution >= 0.6 is 0 Å². The SMILES string of the molecule is CCC12CC1C13CC1(CC(C)C)C3(CC(C)C)C2. The molecule has 0 amide bonds. The lowest BCUT2D eigenvalue weighted by atomic mass is 9.72. The Labute approximate surface area is 113 Å². The largest absolute Gasteiger partial charge is 0.0648 e. The summed E-state index contributed by atoms with van der Waals surface area (Å²) < 4.78 is 0. The highest BCUT2D eigenvalue weighted by molar-refractivity contribution is 5.53. The van der Waals surface area contributed by atoms with Gasteiger partial charge in [0.05, 0.1) is 0 Å². The van der Waals surface area contributed by atoms with Crippen molar-refractivity contribution < 1.29 is 0 Å². The number of hydrogen-bond donors (Lipinski definition) is 0. The number of fused-ring (bicyclic) bond motifs is 2. The van der Waals surface area contributed by atoms with Crippen molar-refractivity contribution in [1.29, 1.82) is 0 Å². The molecule has 0 aromatic carbocycles. The van der Waals surface area contributed by atoms with E-state index in [1.807, 2.05) is 0 Å². The van der Waals surface area contributed by atoms with Crippen LogP contribution in [-0.4, -0.2) is 0 Å². The Morgan fingerprint density at radius 2 is 1.50 bits per heavy atom. The fraction of sp³-hybridized carbons (Fsp3) is 1.00. The van der Waals surface area contributed by atoms with Gasteiger partial charge in [0.25, 0.3) is 0 Å². The average molecular weight is 246 g/mol. The zero-order valence-corrected chi connectivity index (χ0v) is 13.0. The van der Waals surface area contributed by atoms with E-state index in [9.17, 15) is 0 Å². The van der Waals surface area contributed by atoms with Gasteiger partial charge in [-0.1, -0.05) is 41.0 Å². The second-order valence-electron chi connectivity index (χ2n) is 9.16. The van der Waals surface area contributed by atoms with Gasteiger partial charge in [0.2, 0.25) is 0 Å². The van der Waals surface area contributed by atoms with Crippen LogP contribution in [0.25, 0.3) is 0 Å². The molecule has 0 heterocycles. The first-order valence-corrected chi connectivity index (χ1v) is 8.40. The van der Waals surface area contributed by atoms with Crippen molar-refractivity contribution in [2.24, 2.45) is 39.4 Å². The Morgan fingerprint density at radius 1 is 0.944 bits per heavy atom. The van der Waals surface area contributed by atoms with Crippen molar-refractivity contribution in [3.63, 3.8) is 0 Å². The van der Waals surface area contributed by atoms with E-state index < -0.39 is 0 Å². The van der Waals surface area contributed by atoms with E-state index in [1.54, 1.807) is 19.3 Å². The molecule has 0 aromatic heterocycles. The van der Waals surface area contributed by atoms with Gasteiger partial charge in [-0.25, -0.2) is 0 Å². The Balaban J connectivity index is 1.65. The van der Waals surface area contributed by atoms with Gasteiger partial charge in [0, 0.05) is 0 Å². The van der Waals surface area contributed by atoms with Gasteiger partial charge < -0.3 is 0 Å². The third-order valence-electron chi connectivity index (χ3n) is 7.67. The van der Waals surface area contributed by atoms with Gasteiger partial charge in [-0.05, 0) is 71.5 Å². The van der Waals surface area contributed by atoms with Gasteiger partial charge in [-0.15, -0.1) is 0 Å².